The molecule has 6 nitrogen and oxygen atoms in total. The molecule has 1 N–H and O–H groups in total. The molecule has 1 aromatic carbocycles. The van der Waals surface area contributed by atoms with E-state index in [0.717, 1.165) is 40.0 Å². The monoisotopic (exact) mass is 394 g/mol. The Morgan fingerprint density at radius 1 is 1.21 bits per heavy atom. The first-order valence-corrected chi connectivity index (χ1v) is 10.2. The zero-order chi connectivity index (χ0) is 21.0. The third-order valence-corrected chi connectivity index (χ3v) is 5.17. The molecule has 2 heterocycles. The summed E-state index contributed by atoms with van der Waals surface area (Å²) < 4.78 is 7.45. The summed E-state index contributed by atoms with van der Waals surface area (Å²) in [6.07, 6.45) is 1.98. The number of nitrogens with one attached hydrogen (secondary N) is 1. The fourth-order valence-corrected chi connectivity index (χ4v) is 3.57. The van der Waals surface area contributed by atoms with Crippen molar-refractivity contribution in [1.82, 2.24) is 20.1 Å². The highest BCUT2D eigenvalue weighted by atomic mass is 16.5. The number of carbonyl (C=O) groups excluding carboxylic acids is 1. The molecule has 0 aliphatic rings. The fourth-order valence-electron chi connectivity index (χ4n) is 3.57. The number of para-hydroxylation sites is 1. The highest BCUT2D eigenvalue weighted by Crippen LogP contribution is 2.31. The van der Waals surface area contributed by atoms with Gasteiger partial charge in [-0.1, -0.05) is 32.0 Å². The molecule has 1 amide bonds. The van der Waals surface area contributed by atoms with Crippen LogP contribution in [0.15, 0.2) is 30.3 Å². The number of pyridine rings is 1. The largest absolute Gasteiger partial charge is 0.481 e. The summed E-state index contributed by atoms with van der Waals surface area (Å²) in [5.74, 6) is 1.19. The molecule has 0 aliphatic carbocycles. The number of aryl methyl sites for hydroxylation is 2. The number of amides is 1. The Balaban J connectivity index is 1.90. The van der Waals surface area contributed by atoms with Crippen LogP contribution in [-0.4, -0.2) is 34.3 Å². The second-order valence-electron chi connectivity index (χ2n) is 7.79. The van der Waals surface area contributed by atoms with Crippen molar-refractivity contribution in [2.45, 2.75) is 47.0 Å². The summed E-state index contributed by atoms with van der Waals surface area (Å²) in [7, 11) is 1.62. The molecular formula is C23H30N4O2. The van der Waals surface area contributed by atoms with E-state index in [1.807, 2.05) is 41.9 Å². The lowest BCUT2D eigenvalue weighted by molar-refractivity contribution is -0.121. The minimum Gasteiger partial charge on any atom is -0.481 e. The van der Waals surface area contributed by atoms with E-state index in [-0.39, 0.29) is 5.91 Å². The third-order valence-electron chi connectivity index (χ3n) is 5.17. The maximum absolute atomic E-state index is 12.2. The second-order valence-corrected chi connectivity index (χ2v) is 7.79. The van der Waals surface area contributed by atoms with Crippen LogP contribution in [0.2, 0.25) is 0 Å². The Hall–Kier alpha value is -2.89. The van der Waals surface area contributed by atoms with Crippen LogP contribution in [0, 0.1) is 19.8 Å². The molecule has 6 heteroatoms. The van der Waals surface area contributed by atoms with Gasteiger partial charge >= 0.3 is 0 Å². The zero-order valence-corrected chi connectivity index (χ0v) is 18.0. The van der Waals surface area contributed by atoms with Gasteiger partial charge in [-0.15, -0.1) is 0 Å². The molecule has 29 heavy (non-hydrogen) atoms. The highest BCUT2D eigenvalue weighted by Gasteiger charge is 2.20. The topological polar surface area (TPSA) is 69.0 Å². The number of rotatable bonds is 8. The van der Waals surface area contributed by atoms with Crippen molar-refractivity contribution in [1.29, 1.82) is 0 Å². The van der Waals surface area contributed by atoms with E-state index in [0.29, 0.717) is 31.2 Å². The molecule has 0 radical (unpaired) electrons. The van der Waals surface area contributed by atoms with Crippen LogP contribution in [0.1, 0.15) is 43.5 Å². The molecular weight excluding hydrogens is 364 g/mol. The maximum Gasteiger partial charge on any atom is 0.220 e. The molecule has 0 fully saturated rings. The van der Waals surface area contributed by atoms with E-state index >= 15 is 0 Å². The average molecular weight is 395 g/mol. The third kappa shape index (κ3) is 4.58. The fraction of sp³-hybridized carbons (Fsp3) is 0.435. The van der Waals surface area contributed by atoms with Gasteiger partial charge in [-0.05, 0) is 50.3 Å². The van der Waals surface area contributed by atoms with Crippen molar-refractivity contribution < 1.29 is 9.53 Å². The van der Waals surface area contributed by atoms with E-state index in [2.05, 4.69) is 26.1 Å². The second kappa shape index (κ2) is 9.07. The first-order valence-electron chi connectivity index (χ1n) is 10.2. The lowest BCUT2D eigenvalue weighted by Gasteiger charge is -2.13. The predicted octanol–water partition coefficient (Wildman–Crippen LogP) is 4.14. The number of nitrogens with zero attached hydrogens (tertiary/aromatic N) is 3. The Bertz CT molecular complexity index is 993. The lowest BCUT2D eigenvalue weighted by atomic mass is 10.0. The summed E-state index contributed by atoms with van der Waals surface area (Å²) in [6.45, 7) is 9.07. The van der Waals surface area contributed by atoms with Crippen LogP contribution in [0.25, 0.3) is 16.7 Å². The average Bonchev–Trinajstić information content (AvgIpc) is 3.04. The summed E-state index contributed by atoms with van der Waals surface area (Å²) in [6, 6.07) is 9.95. The lowest BCUT2D eigenvalue weighted by Crippen LogP contribution is -2.25. The first-order chi connectivity index (χ1) is 13.9. The van der Waals surface area contributed by atoms with Crippen molar-refractivity contribution in [2.75, 3.05) is 13.7 Å². The molecule has 0 saturated carbocycles. The van der Waals surface area contributed by atoms with Gasteiger partial charge in [0, 0.05) is 23.9 Å². The molecule has 154 valence electrons. The molecule has 2 aromatic heterocycles. The van der Waals surface area contributed by atoms with E-state index in [9.17, 15) is 4.79 Å². The predicted molar refractivity (Wildman–Crippen MR) is 116 cm³/mol. The van der Waals surface area contributed by atoms with Crippen molar-refractivity contribution in [3.05, 3.63) is 47.2 Å². The van der Waals surface area contributed by atoms with Crippen LogP contribution in [0.5, 0.6) is 5.88 Å². The van der Waals surface area contributed by atoms with Gasteiger partial charge in [0.2, 0.25) is 11.8 Å². The van der Waals surface area contributed by atoms with Crippen molar-refractivity contribution in [2.24, 2.45) is 5.92 Å². The van der Waals surface area contributed by atoms with E-state index in [1.54, 1.807) is 7.11 Å². The summed E-state index contributed by atoms with van der Waals surface area (Å²) in [4.78, 5) is 17.0. The summed E-state index contributed by atoms with van der Waals surface area (Å²) in [5, 5.41) is 8.73. The van der Waals surface area contributed by atoms with Gasteiger partial charge in [-0.25, -0.2) is 4.68 Å². The standard InChI is InChI=1S/C23H30N4O2/c1-15(2)13-14-24-20(28)12-11-19-16(3)21-17(4)26-27(18-9-7-6-8-10-18)22(21)25-23(19)29-5/h6-10,15H,11-14H2,1-5H3,(H,24,28). The molecule has 0 saturated heterocycles. The quantitative estimate of drug-likeness (QED) is 0.623. The van der Waals surface area contributed by atoms with Crippen molar-refractivity contribution >= 4 is 16.9 Å². The molecule has 0 bridgehead atoms. The number of benzene rings is 1. The molecule has 3 rings (SSSR count). The molecule has 3 aromatic rings. The van der Waals surface area contributed by atoms with Gasteiger partial charge in [0.1, 0.15) is 0 Å². The number of fused-ring (bicyclic) bond motifs is 1. The van der Waals surface area contributed by atoms with Gasteiger partial charge in [-0.2, -0.15) is 10.1 Å². The van der Waals surface area contributed by atoms with Crippen LogP contribution in [-0.2, 0) is 11.2 Å². The Morgan fingerprint density at radius 3 is 2.59 bits per heavy atom. The van der Waals surface area contributed by atoms with E-state index in [1.165, 1.54) is 0 Å². The highest BCUT2D eigenvalue weighted by molar-refractivity contribution is 5.85. The number of hydrogen-bond acceptors (Lipinski definition) is 4. The minimum absolute atomic E-state index is 0.0592. The SMILES string of the molecule is COc1nc2c(c(C)nn2-c2ccccc2)c(C)c1CCC(=O)NCCC(C)C. The van der Waals surface area contributed by atoms with Crippen molar-refractivity contribution in [3.63, 3.8) is 0 Å². The van der Waals surface area contributed by atoms with Crippen LogP contribution < -0.4 is 10.1 Å². The molecule has 0 aliphatic heterocycles. The molecule has 0 atom stereocenters. The summed E-state index contributed by atoms with van der Waals surface area (Å²) >= 11 is 0. The van der Waals surface area contributed by atoms with Crippen molar-refractivity contribution in [3.8, 4) is 11.6 Å². The van der Waals surface area contributed by atoms with E-state index < -0.39 is 0 Å². The van der Waals surface area contributed by atoms with E-state index in [4.69, 9.17) is 14.8 Å². The molecule has 0 spiro atoms. The number of carbonyl (C=O) groups is 1. The number of ether oxygens (including phenoxy) is 1. The van der Waals surface area contributed by atoms with Crippen LogP contribution in [0.3, 0.4) is 0 Å². The Labute approximate surface area is 172 Å². The normalized spacial score (nSPS) is 11.2. The Kier molecular flexibility index (Phi) is 6.52. The first kappa shape index (κ1) is 20.8. The smallest absolute Gasteiger partial charge is 0.220 e. The minimum atomic E-state index is 0.0592. The summed E-state index contributed by atoms with van der Waals surface area (Å²) in [5.41, 5.74) is 4.68. The van der Waals surface area contributed by atoms with Gasteiger partial charge in [0.05, 0.1) is 18.5 Å². The Morgan fingerprint density at radius 2 is 1.93 bits per heavy atom. The molecule has 0 unspecified atom stereocenters. The number of aromatic nitrogens is 3. The van der Waals surface area contributed by atoms with Gasteiger partial charge in [0.15, 0.2) is 5.65 Å². The number of methoxy groups -OCH3 is 1. The van der Waals surface area contributed by atoms with Crippen LogP contribution >= 0.6 is 0 Å². The van der Waals surface area contributed by atoms with Gasteiger partial charge in [-0.3, -0.25) is 4.79 Å². The van der Waals surface area contributed by atoms with Crippen LogP contribution in [0.4, 0.5) is 0 Å². The van der Waals surface area contributed by atoms with Gasteiger partial charge in [0.25, 0.3) is 0 Å². The maximum atomic E-state index is 12.2. The van der Waals surface area contributed by atoms with Gasteiger partial charge < -0.3 is 10.1 Å². The number of hydrogen-bond donors (Lipinski definition) is 1. The zero-order valence-electron chi connectivity index (χ0n) is 18.0.